The van der Waals surface area contributed by atoms with Gasteiger partial charge in [-0.1, -0.05) is 12.8 Å². The SMILES string of the molecule is O=C(NC1CCCC1)Oc1ccc(O)c(-c2cncc(-c3ncnn3SF)c2)c1. The second kappa shape index (κ2) is 8.48. The quantitative estimate of drug-likeness (QED) is 0.646. The summed E-state index contributed by atoms with van der Waals surface area (Å²) >= 11 is -0.0747. The fourth-order valence-corrected chi connectivity index (χ4v) is 3.66. The van der Waals surface area contributed by atoms with Crippen LogP contribution in [0.2, 0.25) is 0 Å². The Labute approximate surface area is 170 Å². The van der Waals surface area contributed by atoms with Crippen molar-refractivity contribution in [1.29, 1.82) is 0 Å². The number of halogens is 1. The van der Waals surface area contributed by atoms with Gasteiger partial charge in [0, 0.05) is 35.1 Å². The van der Waals surface area contributed by atoms with E-state index in [1.165, 1.54) is 24.7 Å². The normalized spacial score (nSPS) is 14.1. The van der Waals surface area contributed by atoms with Gasteiger partial charge in [0.2, 0.25) is 0 Å². The van der Waals surface area contributed by atoms with Crippen LogP contribution in [-0.2, 0) is 0 Å². The molecule has 1 saturated carbocycles. The summed E-state index contributed by atoms with van der Waals surface area (Å²) in [6.45, 7) is 0. The molecule has 8 nitrogen and oxygen atoms in total. The van der Waals surface area contributed by atoms with Gasteiger partial charge in [0.15, 0.2) is 18.2 Å². The van der Waals surface area contributed by atoms with E-state index in [-0.39, 0.29) is 29.9 Å². The monoisotopic (exact) mass is 415 g/mol. The summed E-state index contributed by atoms with van der Waals surface area (Å²) in [6.07, 6.45) is 7.90. The lowest BCUT2D eigenvalue weighted by molar-refractivity contribution is 0.196. The number of nitrogens with one attached hydrogen (secondary N) is 1. The van der Waals surface area contributed by atoms with Crippen LogP contribution in [-0.4, -0.2) is 36.4 Å². The van der Waals surface area contributed by atoms with Crippen LogP contribution < -0.4 is 10.1 Å². The molecule has 1 amide bonds. The molecule has 0 aliphatic heterocycles. The van der Waals surface area contributed by atoms with Crippen LogP contribution in [0.3, 0.4) is 0 Å². The minimum absolute atomic E-state index is 0.00571. The number of carbonyl (C=O) groups is 1. The topological polar surface area (TPSA) is 102 Å². The van der Waals surface area contributed by atoms with E-state index in [9.17, 15) is 13.8 Å². The van der Waals surface area contributed by atoms with Crippen LogP contribution in [0.15, 0.2) is 43.0 Å². The molecule has 150 valence electrons. The molecule has 0 saturated heterocycles. The minimum atomic E-state index is -0.520. The van der Waals surface area contributed by atoms with Gasteiger partial charge >= 0.3 is 6.09 Å². The minimum Gasteiger partial charge on any atom is -0.507 e. The predicted molar refractivity (Wildman–Crippen MR) is 106 cm³/mol. The number of ether oxygens (including phenoxy) is 1. The van der Waals surface area contributed by atoms with E-state index in [0.29, 0.717) is 22.4 Å². The van der Waals surface area contributed by atoms with Gasteiger partial charge < -0.3 is 15.2 Å². The summed E-state index contributed by atoms with van der Waals surface area (Å²) in [4.78, 5) is 20.3. The van der Waals surface area contributed by atoms with E-state index < -0.39 is 6.09 Å². The zero-order chi connectivity index (χ0) is 20.2. The fourth-order valence-electron chi connectivity index (χ4n) is 3.36. The van der Waals surface area contributed by atoms with Crippen molar-refractivity contribution in [3.05, 3.63) is 43.0 Å². The lowest BCUT2D eigenvalue weighted by atomic mass is 10.0. The number of hydrogen-bond donors (Lipinski definition) is 2. The first-order chi connectivity index (χ1) is 14.1. The molecule has 1 aromatic carbocycles. The van der Waals surface area contributed by atoms with Crippen LogP contribution in [0.4, 0.5) is 8.68 Å². The number of hydrogen-bond acceptors (Lipinski definition) is 7. The highest BCUT2D eigenvalue weighted by molar-refractivity contribution is 7.92. The van der Waals surface area contributed by atoms with Crippen LogP contribution in [0, 0.1) is 0 Å². The summed E-state index contributed by atoms with van der Waals surface area (Å²) in [6, 6.07) is 6.35. The summed E-state index contributed by atoms with van der Waals surface area (Å²) in [7, 11) is 0. The third-order valence-corrected chi connectivity index (χ3v) is 5.14. The highest BCUT2D eigenvalue weighted by Gasteiger charge is 2.19. The first-order valence-corrected chi connectivity index (χ1v) is 9.77. The molecular formula is C19H18FN5O3S. The average Bonchev–Trinajstić information content (AvgIpc) is 3.41. The molecule has 1 fully saturated rings. The summed E-state index contributed by atoms with van der Waals surface area (Å²) in [5, 5.41) is 16.9. The number of aromatic nitrogens is 4. The lowest BCUT2D eigenvalue weighted by Gasteiger charge is -2.13. The number of rotatable bonds is 5. The maximum Gasteiger partial charge on any atom is 0.412 e. The van der Waals surface area contributed by atoms with Gasteiger partial charge in [-0.2, -0.15) is 4.09 Å². The molecular weight excluding hydrogens is 397 g/mol. The third kappa shape index (κ3) is 4.32. The van der Waals surface area contributed by atoms with Crippen molar-refractivity contribution in [3.8, 4) is 34.0 Å². The second-order valence-corrected chi connectivity index (χ2v) is 7.17. The van der Waals surface area contributed by atoms with Crippen LogP contribution >= 0.6 is 12.3 Å². The molecule has 3 aromatic rings. The second-order valence-electron chi connectivity index (χ2n) is 6.68. The standard InChI is InChI=1S/C19H18FN5O3S/c20-29-25-18(22-11-23-25)13-7-12(9-21-10-13)16-8-15(5-6-17(16)26)28-19(27)24-14-3-1-2-4-14/h5-11,14,26H,1-4H2,(H,24,27). The fraction of sp³-hybridized carbons (Fsp3) is 0.263. The van der Waals surface area contributed by atoms with Gasteiger partial charge in [-0.05, 0) is 37.1 Å². The van der Waals surface area contributed by atoms with Crippen molar-refractivity contribution < 1.29 is 18.5 Å². The largest absolute Gasteiger partial charge is 0.507 e. The Bertz CT molecular complexity index is 1020. The number of aromatic hydroxyl groups is 1. The Morgan fingerprint density at radius 3 is 2.83 bits per heavy atom. The van der Waals surface area contributed by atoms with Gasteiger partial charge in [-0.15, -0.1) is 8.98 Å². The molecule has 0 radical (unpaired) electrons. The molecule has 10 heteroatoms. The Kier molecular flexibility index (Phi) is 5.61. The van der Waals surface area contributed by atoms with Crippen molar-refractivity contribution in [2.45, 2.75) is 31.7 Å². The molecule has 4 rings (SSSR count). The number of benzene rings is 1. The number of pyridine rings is 1. The van der Waals surface area contributed by atoms with E-state index in [4.69, 9.17) is 4.74 Å². The smallest absolute Gasteiger partial charge is 0.412 e. The molecule has 0 bridgehead atoms. The number of nitrogens with zero attached hydrogens (tertiary/aromatic N) is 4. The summed E-state index contributed by atoms with van der Waals surface area (Å²) in [5.74, 6) is 0.574. The summed E-state index contributed by atoms with van der Waals surface area (Å²) in [5.41, 5.74) is 1.50. The van der Waals surface area contributed by atoms with Crippen molar-refractivity contribution in [2.24, 2.45) is 0 Å². The van der Waals surface area contributed by atoms with E-state index in [1.807, 2.05) is 0 Å². The molecule has 2 heterocycles. The third-order valence-electron chi connectivity index (χ3n) is 4.75. The van der Waals surface area contributed by atoms with E-state index in [1.54, 1.807) is 18.3 Å². The van der Waals surface area contributed by atoms with Gasteiger partial charge in [0.1, 0.15) is 17.8 Å². The van der Waals surface area contributed by atoms with Crippen LogP contribution in [0.5, 0.6) is 11.5 Å². The van der Waals surface area contributed by atoms with Crippen molar-refractivity contribution >= 4 is 18.4 Å². The molecule has 0 spiro atoms. The number of carbonyl (C=O) groups excluding carboxylic acids is 1. The molecule has 1 aliphatic carbocycles. The van der Waals surface area contributed by atoms with Crippen LogP contribution in [0.1, 0.15) is 25.7 Å². The molecule has 1 aliphatic rings. The first kappa shape index (κ1) is 19.2. The molecule has 29 heavy (non-hydrogen) atoms. The van der Waals surface area contributed by atoms with E-state index in [2.05, 4.69) is 20.4 Å². The van der Waals surface area contributed by atoms with E-state index >= 15 is 0 Å². The van der Waals surface area contributed by atoms with Gasteiger partial charge in [0.25, 0.3) is 0 Å². The first-order valence-electron chi connectivity index (χ1n) is 9.10. The molecule has 2 N–H and O–H groups in total. The lowest BCUT2D eigenvalue weighted by Crippen LogP contribution is -2.34. The maximum atomic E-state index is 13.0. The maximum absolute atomic E-state index is 13.0. The predicted octanol–water partition coefficient (Wildman–Crippen LogP) is 4.12. The zero-order valence-corrected chi connectivity index (χ0v) is 16.1. The van der Waals surface area contributed by atoms with Crippen molar-refractivity contribution in [1.82, 2.24) is 24.5 Å². The highest BCUT2D eigenvalue weighted by atomic mass is 32.2. The summed E-state index contributed by atoms with van der Waals surface area (Å²) < 4.78 is 19.4. The van der Waals surface area contributed by atoms with Crippen molar-refractivity contribution in [3.63, 3.8) is 0 Å². The van der Waals surface area contributed by atoms with E-state index in [0.717, 1.165) is 29.8 Å². The number of amides is 1. The number of phenols is 1. The number of phenolic OH excluding ortho intramolecular Hbond substituents is 1. The Morgan fingerprint density at radius 1 is 1.24 bits per heavy atom. The Hall–Kier alpha value is -3.14. The Morgan fingerprint density at radius 2 is 2.03 bits per heavy atom. The highest BCUT2D eigenvalue weighted by Crippen LogP contribution is 2.34. The zero-order valence-electron chi connectivity index (χ0n) is 15.3. The average molecular weight is 415 g/mol. The molecule has 2 aromatic heterocycles. The Balaban J connectivity index is 1.57. The van der Waals surface area contributed by atoms with Gasteiger partial charge in [0.05, 0.1) is 0 Å². The van der Waals surface area contributed by atoms with Gasteiger partial charge in [-0.3, -0.25) is 4.98 Å². The van der Waals surface area contributed by atoms with Gasteiger partial charge in [-0.25, -0.2) is 9.78 Å². The van der Waals surface area contributed by atoms with Crippen LogP contribution in [0.25, 0.3) is 22.5 Å². The van der Waals surface area contributed by atoms with Crippen molar-refractivity contribution in [2.75, 3.05) is 0 Å². The molecule has 0 unspecified atom stereocenters. The molecule has 0 atom stereocenters.